The van der Waals surface area contributed by atoms with Gasteiger partial charge in [-0.1, -0.05) is 24.3 Å². The Morgan fingerprint density at radius 3 is 2.05 bits per heavy atom. The quantitative estimate of drug-likeness (QED) is 0.730. The first kappa shape index (κ1) is 15.1. The van der Waals surface area contributed by atoms with Crippen molar-refractivity contribution in [2.75, 3.05) is 35.0 Å². The highest BCUT2D eigenvalue weighted by Crippen LogP contribution is 2.12. The minimum absolute atomic E-state index is 0.891. The fraction of sp³-hybridized carbons (Fsp3) is 0.429. The van der Waals surface area contributed by atoms with Crippen LogP contribution >= 0.6 is 0 Å². The van der Waals surface area contributed by atoms with E-state index >= 15 is 0 Å². The molecule has 0 unspecified atom stereocenters. The van der Waals surface area contributed by atoms with Gasteiger partial charge in [0.15, 0.2) is 0 Å². The van der Waals surface area contributed by atoms with Gasteiger partial charge in [0.1, 0.15) is 0 Å². The van der Waals surface area contributed by atoms with E-state index in [0.717, 1.165) is 18.4 Å². The van der Waals surface area contributed by atoms with Crippen LogP contribution in [-0.2, 0) is 19.8 Å². The third-order valence-electron chi connectivity index (χ3n) is 3.44. The molecule has 0 atom stereocenters. The summed E-state index contributed by atoms with van der Waals surface area (Å²) in [6.45, 7) is 1.82. The van der Waals surface area contributed by atoms with Crippen molar-refractivity contribution in [3.05, 3.63) is 42.2 Å². The number of rotatable bonds is 6. The van der Waals surface area contributed by atoms with E-state index < -0.39 is 8.80 Å². The molecule has 0 bridgehead atoms. The van der Waals surface area contributed by atoms with Gasteiger partial charge in [0, 0.05) is 52.5 Å². The van der Waals surface area contributed by atoms with E-state index in [1.165, 1.54) is 5.56 Å². The summed E-state index contributed by atoms with van der Waals surface area (Å²) >= 11 is 0. The average Bonchev–Trinajstić information content (AvgIpc) is 2.88. The molecule has 1 aliphatic rings. The SMILES string of the molecule is CO[Si](OC)(OC)c1ccc(CN2C=CN(C)C2)cc1. The second-order valence-electron chi connectivity index (χ2n) is 4.81. The average molecular weight is 294 g/mol. The lowest BCUT2D eigenvalue weighted by molar-refractivity contribution is 0.140. The molecule has 0 spiro atoms. The second kappa shape index (κ2) is 6.40. The molecule has 0 fully saturated rings. The molecule has 5 nitrogen and oxygen atoms in total. The smallest absolute Gasteiger partial charge is 0.373 e. The van der Waals surface area contributed by atoms with Crippen LogP contribution in [-0.4, -0.2) is 53.7 Å². The van der Waals surface area contributed by atoms with E-state index in [2.05, 4.69) is 41.4 Å². The molecule has 0 N–H and O–H groups in total. The summed E-state index contributed by atoms with van der Waals surface area (Å²) in [6, 6.07) is 8.25. The molecule has 0 aromatic heterocycles. The van der Waals surface area contributed by atoms with E-state index in [-0.39, 0.29) is 0 Å². The molecular formula is C14H22N2O3Si. The van der Waals surface area contributed by atoms with Crippen LogP contribution < -0.4 is 5.19 Å². The van der Waals surface area contributed by atoms with Gasteiger partial charge in [-0.25, -0.2) is 0 Å². The minimum Gasteiger partial charge on any atom is -0.373 e. The van der Waals surface area contributed by atoms with Crippen molar-refractivity contribution in [2.24, 2.45) is 0 Å². The lowest BCUT2D eigenvalue weighted by Gasteiger charge is -2.25. The molecule has 0 saturated heterocycles. The lowest BCUT2D eigenvalue weighted by atomic mass is 10.2. The Labute approximate surface area is 121 Å². The van der Waals surface area contributed by atoms with E-state index in [0.29, 0.717) is 0 Å². The first-order valence-electron chi connectivity index (χ1n) is 6.51. The van der Waals surface area contributed by atoms with Crippen molar-refractivity contribution < 1.29 is 13.3 Å². The number of benzene rings is 1. The zero-order chi connectivity index (χ0) is 14.6. The molecule has 0 saturated carbocycles. The van der Waals surface area contributed by atoms with Gasteiger partial charge in [-0.2, -0.15) is 0 Å². The molecule has 1 heterocycles. The van der Waals surface area contributed by atoms with E-state index in [1.807, 2.05) is 12.1 Å². The highest BCUT2D eigenvalue weighted by molar-refractivity contribution is 6.75. The summed E-state index contributed by atoms with van der Waals surface area (Å²) in [5.74, 6) is 0. The van der Waals surface area contributed by atoms with E-state index in [1.54, 1.807) is 21.3 Å². The van der Waals surface area contributed by atoms with Crippen LogP contribution in [0.5, 0.6) is 0 Å². The Balaban J connectivity index is 2.08. The monoisotopic (exact) mass is 294 g/mol. The Kier molecular flexibility index (Phi) is 4.82. The standard InChI is InChI=1S/C14H22N2O3Si/c1-15-9-10-16(12-15)11-13-5-7-14(8-6-13)20(17-2,18-3)19-4/h5-10H,11-12H2,1-4H3. The zero-order valence-corrected chi connectivity index (χ0v) is 13.5. The van der Waals surface area contributed by atoms with Gasteiger partial charge in [0.25, 0.3) is 0 Å². The third-order valence-corrected chi connectivity index (χ3v) is 6.09. The van der Waals surface area contributed by atoms with Crippen LogP contribution in [0.15, 0.2) is 36.7 Å². The van der Waals surface area contributed by atoms with Crippen LogP contribution in [0, 0.1) is 0 Å². The van der Waals surface area contributed by atoms with Gasteiger partial charge in [0.2, 0.25) is 0 Å². The Hall–Kier alpha value is -1.34. The van der Waals surface area contributed by atoms with Crippen molar-refractivity contribution >= 4 is 14.0 Å². The summed E-state index contributed by atoms with van der Waals surface area (Å²) in [7, 11) is 4.23. The Morgan fingerprint density at radius 1 is 1.00 bits per heavy atom. The largest absolute Gasteiger partial charge is 0.536 e. The van der Waals surface area contributed by atoms with Gasteiger partial charge >= 0.3 is 8.80 Å². The molecule has 1 aliphatic heterocycles. The second-order valence-corrected chi connectivity index (χ2v) is 7.72. The fourth-order valence-corrected chi connectivity index (χ4v) is 4.13. The Bertz CT molecular complexity index is 452. The van der Waals surface area contributed by atoms with Crippen molar-refractivity contribution in [3.63, 3.8) is 0 Å². The highest BCUT2D eigenvalue weighted by Gasteiger charge is 2.40. The predicted octanol–water partition coefficient (Wildman–Crippen LogP) is 0.948. The molecule has 1 aromatic rings. The molecule has 0 amide bonds. The summed E-state index contributed by atoms with van der Waals surface area (Å²) in [5, 5.41) is 0.975. The summed E-state index contributed by atoms with van der Waals surface area (Å²) < 4.78 is 16.4. The van der Waals surface area contributed by atoms with Crippen molar-refractivity contribution in [1.82, 2.24) is 9.80 Å². The van der Waals surface area contributed by atoms with Gasteiger partial charge in [0.05, 0.1) is 6.67 Å². The molecule has 0 aliphatic carbocycles. The molecule has 6 heteroatoms. The van der Waals surface area contributed by atoms with E-state index in [9.17, 15) is 0 Å². The van der Waals surface area contributed by atoms with Crippen LogP contribution in [0.4, 0.5) is 0 Å². The summed E-state index contributed by atoms with van der Waals surface area (Å²) in [6.07, 6.45) is 4.18. The molecule has 0 radical (unpaired) electrons. The minimum atomic E-state index is -2.71. The molecular weight excluding hydrogens is 272 g/mol. The fourth-order valence-electron chi connectivity index (χ4n) is 2.34. The first-order chi connectivity index (χ1) is 9.63. The van der Waals surface area contributed by atoms with Gasteiger partial charge in [-0.05, 0) is 5.56 Å². The van der Waals surface area contributed by atoms with Crippen molar-refractivity contribution in [3.8, 4) is 0 Å². The maximum absolute atomic E-state index is 5.48. The molecule has 1 aromatic carbocycles. The number of hydrogen-bond acceptors (Lipinski definition) is 5. The summed E-state index contributed by atoms with van der Waals surface area (Å²) in [5.41, 5.74) is 1.25. The van der Waals surface area contributed by atoms with Crippen LogP contribution in [0.25, 0.3) is 0 Å². The van der Waals surface area contributed by atoms with Crippen LogP contribution in [0.3, 0.4) is 0 Å². The third kappa shape index (κ3) is 3.04. The summed E-state index contributed by atoms with van der Waals surface area (Å²) in [4.78, 5) is 4.40. The lowest BCUT2D eigenvalue weighted by Crippen LogP contribution is -2.54. The van der Waals surface area contributed by atoms with E-state index in [4.69, 9.17) is 13.3 Å². The zero-order valence-electron chi connectivity index (χ0n) is 12.5. The Morgan fingerprint density at radius 2 is 1.60 bits per heavy atom. The van der Waals surface area contributed by atoms with Crippen LogP contribution in [0.2, 0.25) is 0 Å². The normalized spacial score (nSPS) is 15.2. The van der Waals surface area contributed by atoms with Gasteiger partial charge in [-0.3, -0.25) is 0 Å². The van der Waals surface area contributed by atoms with Crippen molar-refractivity contribution in [1.29, 1.82) is 0 Å². The first-order valence-corrected chi connectivity index (χ1v) is 8.23. The van der Waals surface area contributed by atoms with Gasteiger partial charge < -0.3 is 23.1 Å². The maximum atomic E-state index is 5.48. The van der Waals surface area contributed by atoms with Crippen molar-refractivity contribution in [2.45, 2.75) is 6.54 Å². The highest BCUT2D eigenvalue weighted by atomic mass is 28.4. The predicted molar refractivity (Wildman–Crippen MR) is 80.2 cm³/mol. The molecule has 20 heavy (non-hydrogen) atoms. The molecule has 110 valence electrons. The van der Waals surface area contributed by atoms with Crippen LogP contribution in [0.1, 0.15) is 5.56 Å². The maximum Gasteiger partial charge on any atom is 0.536 e. The number of nitrogens with zero attached hydrogens (tertiary/aromatic N) is 2. The topological polar surface area (TPSA) is 34.2 Å². The van der Waals surface area contributed by atoms with Gasteiger partial charge in [-0.15, -0.1) is 0 Å². The molecule has 2 rings (SSSR count). The number of hydrogen-bond donors (Lipinski definition) is 0.